The van der Waals surface area contributed by atoms with Gasteiger partial charge in [0.25, 0.3) is 0 Å². The van der Waals surface area contributed by atoms with E-state index in [4.69, 9.17) is 0 Å². The molecule has 116 valence electrons. The van der Waals surface area contributed by atoms with Crippen LogP contribution in [0.4, 0.5) is 0 Å². The summed E-state index contributed by atoms with van der Waals surface area (Å²) in [5, 5.41) is 3.20. The fraction of sp³-hybridized carbons (Fsp3) is 0.500. The van der Waals surface area contributed by atoms with Crippen molar-refractivity contribution in [2.75, 3.05) is 20.2 Å². The highest BCUT2D eigenvalue weighted by molar-refractivity contribution is 7.89. The molecule has 0 bridgehead atoms. The first-order chi connectivity index (χ1) is 9.87. The van der Waals surface area contributed by atoms with Gasteiger partial charge in [0.15, 0.2) is 0 Å². The number of carbonyl (C=O) groups is 1. The lowest BCUT2D eigenvalue weighted by atomic mass is 10.2. The number of rotatable bonds is 3. The Morgan fingerprint density at radius 1 is 1.19 bits per heavy atom. The molecular formula is C14H20N2O4S. The minimum Gasteiger partial charge on any atom is -0.465 e. The molecule has 2 unspecified atom stereocenters. The number of piperazine rings is 1. The molecule has 1 N–H and O–H groups in total. The molecule has 0 aromatic heterocycles. The van der Waals surface area contributed by atoms with Crippen LogP contribution in [0, 0.1) is 0 Å². The summed E-state index contributed by atoms with van der Waals surface area (Å²) >= 11 is 0. The van der Waals surface area contributed by atoms with E-state index in [0.29, 0.717) is 18.7 Å². The molecule has 0 radical (unpaired) electrons. The Labute approximate surface area is 125 Å². The molecule has 1 heterocycles. The van der Waals surface area contributed by atoms with Gasteiger partial charge in [-0.2, -0.15) is 4.31 Å². The summed E-state index contributed by atoms with van der Waals surface area (Å²) in [6.07, 6.45) is 0. The average Bonchev–Trinajstić information content (AvgIpc) is 2.46. The van der Waals surface area contributed by atoms with E-state index >= 15 is 0 Å². The van der Waals surface area contributed by atoms with Gasteiger partial charge in [-0.25, -0.2) is 13.2 Å². The minimum absolute atomic E-state index is 0.112. The zero-order chi connectivity index (χ0) is 15.6. The molecule has 1 saturated heterocycles. The van der Waals surface area contributed by atoms with Crippen LogP contribution < -0.4 is 5.32 Å². The van der Waals surface area contributed by atoms with Gasteiger partial charge in [0.05, 0.1) is 17.6 Å². The second-order valence-corrected chi connectivity index (χ2v) is 7.05. The zero-order valence-electron chi connectivity index (χ0n) is 12.4. The van der Waals surface area contributed by atoms with Crippen LogP contribution in [0.25, 0.3) is 0 Å². The van der Waals surface area contributed by atoms with Crippen LogP contribution >= 0.6 is 0 Å². The Morgan fingerprint density at radius 2 is 1.71 bits per heavy atom. The normalized spacial score (nSPS) is 23.8. The van der Waals surface area contributed by atoms with Crippen LogP contribution in [-0.4, -0.2) is 51.0 Å². The van der Waals surface area contributed by atoms with E-state index in [9.17, 15) is 13.2 Å². The fourth-order valence-electron chi connectivity index (χ4n) is 2.59. The van der Waals surface area contributed by atoms with Crippen molar-refractivity contribution >= 4 is 16.0 Å². The Morgan fingerprint density at radius 3 is 2.19 bits per heavy atom. The first kappa shape index (κ1) is 15.9. The van der Waals surface area contributed by atoms with E-state index in [0.717, 1.165) is 0 Å². The highest BCUT2D eigenvalue weighted by Crippen LogP contribution is 2.23. The molecule has 6 nitrogen and oxygen atoms in total. The predicted molar refractivity (Wildman–Crippen MR) is 78.6 cm³/mol. The van der Waals surface area contributed by atoms with Crippen LogP contribution in [0.15, 0.2) is 29.2 Å². The van der Waals surface area contributed by atoms with Crippen molar-refractivity contribution in [3.05, 3.63) is 29.8 Å². The predicted octanol–water partition coefficient (Wildman–Crippen LogP) is 0.844. The third-order valence-corrected chi connectivity index (χ3v) is 5.74. The summed E-state index contributed by atoms with van der Waals surface area (Å²) in [4.78, 5) is 11.6. The summed E-state index contributed by atoms with van der Waals surface area (Å²) < 4.78 is 31.6. The highest BCUT2D eigenvalue weighted by atomic mass is 32.2. The number of carbonyl (C=O) groups excluding carboxylic acids is 1. The molecule has 0 amide bonds. The number of nitrogens with zero attached hydrogens (tertiary/aromatic N) is 1. The van der Waals surface area contributed by atoms with Gasteiger partial charge < -0.3 is 10.1 Å². The highest BCUT2D eigenvalue weighted by Gasteiger charge is 2.35. The standard InChI is InChI=1S/C14H20N2O4S/c1-10-8-15-9-11(2)16(10)21(18,19)13-6-4-12(5-7-13)14(17)20-3/h4-7,10-11,15H,8-9H2,1-3H3. The van der Waals surface area contributed by atoms with E-state index in [2.05, 4.69) is 10.1 Å². The molecular weight excluding hydrogens is 292 g/mol. The molecule has 1 aromatic rings. The monoisotopic (exact) mass is 312 g/mol. The lowest BCUT2D eigenvalue weighted by molar-refractivity contribution is 0.0600. The Balaban J connectivity index is 2.33. The van der Waals surface area contributed by atoms with Gasteiger partial charge in [-0.05, 0) is 38.1 Å². The minimum atomic E-state index is -3.57. The number of sulfonamides is 1. The van der Waals surface area contributed by atoms with Crippen LogP contribution in [0.1, 0.15) is 24.2 Å². The lowest BCUT2D eigenvalue weighted by Gasteiger charge is -2.38. The van der Waals surface area contributed by atoms with Crippen molar-refractivity contribution in [1.29, 1.82) is 0 Å². The van der Waals surface area contributed by atoms with E-state index < -0.39 is 16.0 Å². The second-order valence-electron chi connectivity index (χ2n) is 5.21. The van der Waals surface area contributed by atoms with Crippen molar-refractivity contribution in [1.82, 2.24) is 9.62 Å². The van der Waals surface area contributed by atoms with Crippen molar-refractivity contribution in [3.63, 3.8) is 0 Å². The van der Waals surface area contributed by atoms with Gasteiger partial charge in [-0.3, -0.25) is 0 Å². The molecule has 7 heteroatoms. The second kappa shape index (κ2) is 6.13. The number of ether oxygens (including phenoxy) is 1. The Bertz CT molecular complexity index is 602. The van der Waals surface area contributed by atoms with E-state index in [1.54, 1.807) is 0 Å². The third kappa shape index (κ3) is 3.09. The van der Waals surface area contributed by atoms with Crippen LogP contribution in [-0.2, 0) is 14.8 Å². The first-order valence-electron chi connectivity index (χ1n) is 6.80. The number of nitrogens with one attached hydrogen (secondary N) is 1. The smallest absolute Gasteiger partial charge is 0.337 e. The maximum Gasteiger partial charge on any atom is 0.337 e. The van der Waals surface area contributed by atoms with Gasteiger partial charge >= 0.3 is 5.97 Å². The number of esters is 1. The van der Waals surface area contributed by atoms with Gasteiger partial charge in [-0.1, -0.05) is 0 Å². The van der Waals surface area contributed by atoms with Gasteiger partial charge in [-0.15, -0.1) is 0 Å². The molecule has 1 aliphatic heterocycles. The van der Waals surface area contributed by atoms with Crippen molar-refractivity contribution in [3.8, 4) is 0 Å². The van der Waals surface area contributed by atoms with Crippen LogP contribution in [0.3, 0.4) is 0 Å². The fourth-order valence-corrected chi connectivity index (χ4v) is 4.41. The van der Waals surface area contributed by atoms with Crippen LogP contribution in [0.5, 0.6) is 0 Å². The van der Waals surface area contributed by atoms with E-state index in [1.807, 2.05) is 13.8 Å². The summed E-state index contributed by atoms with van der Waals surface area (Å²) in [7, 11) is -2.28. The quantitative estimate of drug-likeness (QED) is 0.837. The molecule has 0 spiro atoms. The number of hydrogen-bond acceptors (Lipinski definition) is 5. The zero-order valence-corrected chi connectivity index (χ0v) is 13.2. The van der Waals surface area contributed by atoms with Crippen molar-refractivity contribution in [2.45, 2.75) is 30.8 Å². The van der Waals surface area contributed by atoms with E-state index in [-0.39, 0.29) is 17.0 Å². The number of methoxy groups -OCH3 is 1. The molecule has 2 atom stereocenters. The van der Waals surface area contributed by atoms with Crippen molar-refractivity contribution in [2.24, 2.45) is 0 Å². The maximum atomic E-state index is 12.7. The molecule has 0 saturated carbocycles. The van der Waals surface area contributed by atoms with Gasteiger partial charge in [0.1, 0.15) is 0 Å². The summed E-state index contributed by atoms with van der Waals surface area (Å²) in [6.45, 7) is 5.01. The van der Waals surface area contributed by atoms with Gasteiger partial charge in [0, 0.05) is 25.2 Å². The number of benzene rings is 1. The summed E-state index contributed by atoms with van der Waals surface area (Å²) in [5.41, 5.74) is 0.331. The molecule has 1 aliphatic rings. The largest absolute Gasteiger partial charge is 0.465 e. The molecule has 0 aliphatic carbocycles. The van der Waals surface area contributed by atoms with Crippen LogP contribution in [0.2, 0.25) is 0 Å². The average molecular weight is 312 g/mol. The summed E-state index contributed by atoms with van der Waals surface area (Å²) in [5.74, 6) is -0.483. The topological polar surface area (TPSA) is 75.7 Å². The Kier molecular flexibility index (Phi) is 4.65. The first-order valence-corrected chi connectivity index (χ1v) is 8.24. The SMILES string of the molecule is COC(=O)c1ccc(S(=O)(=O)N2C(C)CNCC2C)cc1. The molecule has 2 rings (SSSR count). The molecule has 21 heavy (non-hydrogen) atoms. The third-order valence-electron chi connectivity index (χ3n) is 3.60. The van der Waals surface area contributed by atoms with E-state index in [1.165, 1.54) is 35.7 Å². The molecule has 1 fully saturated rings. The van der Waals surface area contributed by atoms with Gasteiger partial charge in [0.2, 0.25) is 10.0 Å². The molecule has 1 aromatic carbocycles. The number of hydrogen-bond donors (Lipinski definition) is 1. The Hall–Kier alpha value is -1.44. The maximum absolute atomic E-state index is 12.7. The lowest BCUT2D eigenvalue weighted by Crippen LogP contribution is -2.57. The summed E-state index contributed by atoms with van der Waals surface area (Å²) in [6, 6.07) is 5.61. The van der Waals surface area contributed by atoms with Crippen molar-refractivity contribution < 1.29 is 17.9 Å².